The van der Waals surface area contributed by atoms with Crippen molar-refractivity contribution in [2.24, 2.45) is 0 Å². The number of benzene rings is 2. The highest BCUT2D eigenvalue weighted by Crippen LogP contribution is 2.29. The third-order valence-electron chi connectivity index (χ3n) is 3.64. The number of aromatic hydroxyl groups is 1. The van der Waals surface area contributed by atoms with E-state index in [9.17, 15) is 23.1 Å². The SMILES string of the molecule is CC(C)=CCOc1ccc(C(=O)C=Cc2ccc(C(F)(F)F)cc2)c(O)c1. The molecule has 3 nitrogen and oxygen atoms in total. The van der Waals surface area contributed by atoms with Crippen LogP contribution in [0.15, 0.2) is 60.2 Å². The Morgan fingerprint density at radius 3 is 2.33 bits per heavy atom. The molecule has 0 saturated heterocycles. The van der Waals surface area contributed by atoms with Gasteiger partial charge in [-0.3, -0.25) is 4.79 Å². The van der Waals surface area contributed by atoms with E-state index in [0.29, 0.717) is 17.9 Å². The minimum atomic E-state index is -4.40. The molecule has 2 aromatic rings. The second-order valence-corrected chi connectivity index (χ2v) is 6.09. The predicted molar refractivity (Wildman–Crippen MR) is 97.8 cm³/mol. The molecule has 0 radical (unpaired) electrons. The zero-order chi connectivity index (χ0) is 20.0. The number of alkyl halides is 3. The molecule has 0 fully saturated rings. The van der Waals surface area contributed by atoms with E-state index in [1.54, 1.807) is 6.07 Å². The highest BCUT2D eigenvalue weighted by Gasteiger charge is 2.29. The van der Waals surface area contributed by atoms with Crippen LogP contribution >= 0.6 is 0 Å². The lowest BCUT2D eigenvalue weighted by Gasteiger charge is -2.07. The minimum Gasteiger partial charge on any atom is -0.507 e. The zero-order valence-electron chi connectivity index (χ0n) is 14.9. The van der Waals surface area contributed by atoms with Gasteiger partial charge in [0.25, 0.3) is 0 Å². The molecule has 2 aromatic carbocycles. The average Bonchev–Trinajstić information content (AvgIpc) is 2.59. The van der Waals surface area contributed by atoms with E-state index in [1.807, 2.05) is 19.9 Å². The van der Waals surface area contributed by atoms with E-state index in [4.69, 9.17) is 4.74 Å². The van der Waals surface area contributed by atoms with Gasteiger partial charge < -0.3 is 9.84 Å². The van der Waals surface area contributed by atoms with E-state index in [0.717, 1.165) is 17.7 Å². The van der Waals surface area contributed by atoms with E-state index in [-0.39, 0.29) is 11.3 Å². The van der Waals surface area contributed by atoms with E-state index < -0.39 is 17.5 Å². The molecule has 142 valence electrons. The van der Waals surface area contributed by atoms with Crippen molar-refractivity contribution >= 4 is 11.9 Å². The van der Waals surface area contributed by atoms with Gasteiger partial charge in [0.15, 0.2) is 5.78 Å². The third-order valence-corrected chi connectivity index (χ3v) is 3.64. The summed E-state index contributed by atoms with van der Waals surface area (Å²) in [4.78, 5) is 12.2. The number of phenolic OH excluding ortho intramolecular Hbond substituents is 1. The molecule has 0 aromatic heterocycles. The summed E-state index contributed by atoms with van der Waals surface area (Å²) in [7, 11) is 0. The highest BCUT2D eigenvalue weighted by molar-refractivity contribution is 6.08. The molecule has 0 heterocycles. The van der Waals surface area contributed by atoms with E-state index >= 15 is 0 Å². The number of carbonyl (C=O) groups excluding carboxylic acids is 1. The van der Waals surface area contributed by atoms with Gasteiger partial charge in [-0.05, 0) is 55.8 Å². The predicted octanol–water partition coefficient (Wildman–Crippen LogP) is 5.65. The molecule has 27 heavy (non-hydrogen) atoms. The van der Waals surface area contributed by atoms with Crippen molar-refractivity contribution < 1.29 is 27.8 Å². The Balaban J connectivity index is 2.07. The number of carbonyl (C=O) groups is 1. The number of halogens is 3. The maximum atomic E-state index is 12.5. The lowest BCUT2D eigenvalue weighted by molar-refractivity contribution is -0.137. The standard InChI is InChI=1S/C21H19F3O3/c1-14(2)11-12-27-17-8-9-18(20(26)13-17)19(25)10-5-15-3-6-16(7-4-15)21(22,23)24/h3-11,13,26H,12H2,1-2H3. The summed E-state index contributed by atoms with van der Waals surface area (Å²) >= 11 is 0. The lowest BCUT2D eigenvalue weighted by Crippen LogP contribution is -2.04. The van der Waals surface area contributed by atoms with Crippen LogP contribution in [0.4, 0.5) is 13.2 Å². The van der Waals surface area contributed by atoms with Gasteiger partial charge in [0, 0.05) is 6.07 Å². The summed E-state index contributed by atoms with van der Waals surface area (Å²) in [6, 6.07) is 8.78. The van der Waals surface area contributed by atoms with Gasteiger partial charge in [-0.2, -0.15) is 13.2 Å². The first kappa shape index (κ1) is 20.3. The van der Waals surface area contributed by atoms with Crippen molar-refractivity contribution in [3.05, 3.63) is 76.9 Å². The molecule has 2 rings (SSSR count). The summed E-state index contributed by atoms with van der Waals surface area (Å²) in [6.07, 6.45) is 0.0602. The highest BCUT2D eigenvalue weighted by atomic mass is 19.4. The van der Waals surface area contributed by atoms with Gasteiger partial charge in [-0.15, -0.1) is 0 Å². The maximum Gasteiger partial charge on any atom is 0.416 e. The summed E-state index contributed by atoms with van der Waals surface area (Å²) in [5.74, 6) is -0.275. The van der Waals surface area contributed by atoms with Crippen LogP contribution in [0.3, 0.4) is 0 Å². The molecule has 0 aliphatic heterocycles. The van der Waals surface area contributed by atoms with Crippen molar-refractivity contribution in [3.8, 4) is 11.5 Å². The first-order valence-electron chi connectivity index (χ1n) is 8.15. The van der Waals surface area contributed by atoms with E-state index in [2.05, 4.69) is 0 Å². The fourth-order valence-electron chi connectivity index (χ4n) is 2.16. The molecule has 0 saturated carbocycles. The van der Waals surface area contributed by atoms with Crippen LogP contribution in [0.5, 0.6) is 11.5 Å². The molecule has 0 unspecified atom stereocenters. The molecule has 0 aliphatic carbocycles. The van der Waals surface area contributed by atoms with Gasteiger partial charge in [0.2, 0.25) is 0 Å². The smallest absolute Gasteiger partial charge is 0.416 e. The second-order valence-electron chi connectivity index (χ2n) is 6.09. The Labute approximate surface area is 155 Å². The third kappa shape index (κ3) is 6.02. The Morgan fingerprint density at radius 2 is 1.78 bits per heavy atom. The number of hydrogen-bond donors (Lipinski definition) is 1. The molecular weight excluding hydrogens is 357 g/mol. The van der Waals surface area contributed by atoms with Crippen LogP contribution in [0.1, 0.15) is 35.3 Å². The van der Waals surface area contributed by atoms with Gasteiger partial charge in [0.05, 0.1) is 11.1 Å². The summed E-state index contributed by atoms with van der Waals surface area (Å²) in [6.45, 7) is 4.22. The van der Waals surface area contributed by atoms with Crippen molar-refractivity contribution in [2.75, 3.05) is 6.61 Å². The van der Waals surface area contributed by atoms with Crippen LogP contribution < -0.4 is 4.74 Å². The second kappa shape index (κ2) is 8.58. The van der Waals surface area contributed by atoms with Crippen LogP contribution in [-0.2, 0) is 6.18 Å². The van der Waals surface area contributed by atoms with Gasteiger partial charge in [-0.25, -0.2) is 0 Å². The molecule has 6 heteroatoms. The van der Waals surface area contributed by atoms with Crippen molar-refractivity contribution in [1.29, 1.82) is 0 Å². The van der Waals surface area contributed by atoms with Crippen LogP contribution in [-0.4, -0.2) is 17.5 Å². The minimum absolute atomic E-state index is 0.0766. The Bertz CT molecular complexity index is 859. The van der Waals surface area contributed by atoms with Crippen molar-refractivity contribution in [1.82, 2.24) is 0 Å². The summed E-state index contributed by atoms with van der Waals surface area (Å²) in [5, 5.41) is 10.0. The fraction of sp³-hybridized carbons (Fsp3) is 0.190. The number of hydrogen-bond acceptors (Lipinski definition) is 3. The number of ether oxygens (including phenoxy) is 1. The van der Waals surface area contributed by atoms with Gasteiger partial charge in [-0.1, -0.05) is 23.8 Å². The number of allylic oxidation sites excluding steroid dienone is 2. The summed E-state index contributed by atoms with van der Waals surface area (Å²) in [5.41, 5.74) is 0.858. The molecular formula is C21H19F3O3. The number of ketones is 1. The molecule has 1 N–H and O–H groups in total. The number of phenols is 1. The summed E-state index contributed by atoms with van der Waals surface area (Å²) < 4.78 is 43.0. The van der Waals surface area contributed by atoms with Gasteiger partial charge >= 0.3 is 6.18 Å². The Morgan fingerprint density at radius 1 is 1.11 bits per heavy atom. The largest absolute Gasteiger partial charge is 0.507 e. The molecule has 0 bridgehead atoms. The van der Waals surface area contributed by atoms with E-state index in [1.165, 1.54) is 36.4 Å². The Hall–Kier alpha value is -3.02. The fourth-order valence-corrected chi connectivity index (χ4v) is 2.16. The first-order valence-corrected chi connectivity index (χ1v) is 8.15. The van der Waals surface area contributed by atoms with Crippen LogP contribution in [0.2, 0.25) is 0 Å². The molecule has 0 amide bonds. The molecule has 0 aliphatic rings. The molecule has 0 atom stereocenters. The van der Waals surface area contributed by atoms with Crippen molar-refractivity contribution in [3.63, 3.8) is 0 Å². The molecule has 0 spiro atoms. The van der Waals surface area contributed by atoms with Crippen LogP contribution in [0.25, 0.3) is 6.08 Å². The zero-order valence-corrected chi connectivity index (χ0v) is 14.9. The lowest BCUT2D eigenvalue weighted by atomic mass is 10.1. The quantitative estimate of drug-likeness (QED) is 0.402. The number of rotatable bonds is 6. The van der Waals surface area contributed by atoms with Crippen molar-refractivity contribution in [2.45, 2.75) is 20.0 Å². The normalized spacial score (nSPS) is 11.4. The van der Waals surface area contributed by atoms with Crippen LogP contribution in [0, 0.1) is 0 Å². The maximum absolute atomic E-state index is 12.5. The first-order chi connectivity index (χ1) is 12.7. The van der Waals surface area contributed by atoms with Gasteiger partial charge in [0.1, 0.15) is 18.1 Å². The topological polar surface area (TPSA) is 46.5 Å². The monoisotopic (exact) mass is 376 g/mol. The average molecular weight is 376 g/mol. The Kier molecular flexibility index (Phi) is 6.45.